The predicted octanol–water partition coefficient (Wildman–Crippen LogP) is 3.37. The first-order valence-corrected chi connectivity index (χ1v) is 7.86. The standard InChI is InChI=1S/C16H19N3O2S/c1-10(2)14(13-7-4-8-22-13)19-15(20)11-5-3-6-12(9-11)18-16(17)21/h3-10,14H,1-2H3,(H,19,20)(H3,17,18,21)/t14-/m0/s1. The highest BCUT2D eigenvalue weighted by Gasteiger charge is 2.20. The van der Waals surface area contributed by atoms with Crippen molar-refractivity contribution in [3.8, 4) is 0 Å². The van der Waals surface area contributed by atoms with E-state index in [4.69, 9.17) is 5.73 Å². The molecule has 2 aromatic rings. The van der Waals surface area contributed by atoms with Gasteiger partial charge in [-0.15, -0.1) is 11.3 Å². The van der Waals surface area contributed by atoms with Crippen LogP contribution in [-0.4, -0.2) is 11.9 Å². The van der Waals surface area contributed by atoms with Gasteiger partial charge in [0.15, 0.2) is 0 Å². The van der Waals surface area contributed by atoms with Gasteiger partial charge in [0, 0.05) is 16.1 Å². The summed E-state index contributed by atoms with van der Waals surface area (Å²) in [5.74, 6) is 0.0924. The number of urea groups is 1. The Kier molecular flexibility index (Phi) is 5.16. The van der Waals surface area contributed by atoms with Gasteiger partial charge in [-0.25, -0.2) is 4.79 Å². The Hall–Kier alpha value is -2.34. The lowest BCUT2D eigenvalue weighted by molar-refractivity contribution is 0.0926. The zero-order valence-corrected chi connectivity index (χ0v) is 13.3. The minimum atomic E-state index is -0.656. The molecule has 1 aromatic heterocycles. The number of benzene rings is 1. The average Bonchev–Trinajstić information content (AvgIpc) is 2.97. The van der Waals surface area contributed by atoms with Gasteiger partial charge < -0.3 is 16.4 Å². The number of amides is 3. The highest BCUT2D eigenvalue weighted by atomic mass is 32.1. The topological polar surface area (TPSA) is 84.2 Å². The Bertz CT molecular complexity index is 653. The van der Waals surface area contributed by atoms with Gasteiger partial charge in [-0.3, -0.25) is 4.79 Å². The van der Waals surface area contributed by atoms with Crippen LogP contribution in [0, 0.1) is 5.92 Å². The SMILES string of the molecule is CC(C)[C@H](NC(=O)c1cccc(NC(N)=O)c1)c1cccs1. The largest absolute Gasteiger partial charge is 0.351 e. The van der Waals surface area contributed by atoms with E-state index in [0.717, 1.165) is 4.88 Å². The molecule has 0 spiro atoms. The fourth-order valence-corrected chi connectivity index (χ4v) is 3.09. The summed E-state index contributed by atoms with van der Waals surface area (Å²) in [4.78, 5) is 24.4. The molecule has 0 aliphatic heterocycles. The quantitative estimate of drug-likeness (QED) is 0.790. The Morgan fingerprint density at radius 1 is 1.18 bits per heavy atom. The van der Waals surface area contributed by atoms with Crippen LogP contribution in [0.3, 0.4) is 0 Å². The van der Waals surface area contributed by atoms with Gasteiger partial charge in [0.1, 0.15) is 0 Å². The zero-order valence-electron chi connectivity index (χ0n) is 12.5. The van der Waals surface area contributed by atoms with Crippen LogP contribution >= 0.6 is 11.3 Å². The van der Waals surface area contributed by atoms with Crippen LogP contribution in [0.15, 0.2) is 41.8 Å². The molecule has 2 rings (SSSR count). The van der Waals surface area contributed by atoms with Crippen LogP contribution in [0.1, 0.15) is 35.1 Å². The van der Waals surface area contributed by atoms with Crippen LogP contribution in [-0.2, 0) is 0 Å². The summed E-state index contributed by atoms with van der Waals surface area (Å²) in [6.07, 6.45) is 0. The lowest BCUT2D eigenvalue weighted by Crippen LogP contribution is -2.31. The highest BCUT2D eigenvalue weighted by molar-refractivity contribution is 7.10. The molecule has 4 N–H and O–H groups in total. The van der Waals surface area contributed by atoms with Crippen molar-refractivity contribution in [2.75, 3.05) is 5.32 Å². The minimum absolute atomic E-state index is 0.0414. The molecule has 0 radical (unpaired) electrons. The first-order valence-electron chi connectivity index (χ1n) is 6.98. The monoisotopic (exact) mass is 317 g/mol. The number of primary amides is 1. The molecule has 0 unspecified atom stereocenters. The Morgan fingerprint density at radius 3 is 2.55 bits per heavy atom. The lowest BCUT2D eigenvalue weighted by atomic mass is 10.0. The van der Waals surface area contributed by atoms with Gasteiger partial charge in [0.2, 0.25) is 0 Å². The molecule has 0 aliphatic carbocycles. The Morgan fingerprint density at radius 2 is 1.95 bits per heavy atom. The predicted molar refractivity (Wildman–Crippen MR) is 89.0 cm³/mol. The lowest BCUT2D eigenvalue weighted by Gasteiger charge is -2.21. The van der Waals surface area contributed by atoms with Crippen molar-refractivity contribution in [1.29, 1.82) is 0 Å². The number of thiophene rings is 1. The summed E-state index contributed by atoms with van der Waals surface area (Å²) in [7, 11) is 0. The number of carbonyl (C=O) groups is 2. The number of nitrogens with one attached hydrogen (secondary N) is 2. The van der Waals surface area contributed by atoms with E-state index in [0.29, 0.717) is 11.3 Å². The van der Waals surface area contributed by atoms with Crippen LogP contribution in [0.25, 0.3) is 0 Å². The highest BCUT2D eigenvalue weighted by Crippen LogP contribution is 2.26. The maximum Gasteiger partial charge on any atom is 0.316 e. The number of nitrogens with two attached hydrogens (primary N) is 1. The van der Waals surface area contributed by atoms with E-state index < -0.39 is 6.03 Å². The van der Waals surface area contributed by atoms with Crippen LogP contribution in [0.2, 0.25) is 0 Å². The molecule has 0 saturated heterocycles. The molecular weight excluding hydrogens is 298 g/mol. The molecule has 5 nitrogen and oxygen atoms in total. The summed E-state index contributed by atoms with van der Waals surface area (Å²) < 4.78 is 0. The second kappa shape index (κ2) is 7.09. The van der Waals surface area contributed by atoms with Gasteiger partial charge in [0.25, 0.3) is 5.91 Å². The van der Waals surface area contributed by atoms with Crippen molar-refractivity contribution >= 4 is 29.0 Å². The van der Waals surface area contributed by atoms with Crippen molar-refractivity contribution in [2.45, 2.75) is 19.9 Å². The molecule has 3 amide bonds. The molecule has 1 atom stereocenters. The van der Waals surface area contributed by atoms with Gasteiger partial charge in [-0.1, -0.05) is 26.0 Å². The molecule has 0 fully saturated rings. The van der Waals surface area contributed by atoms with E-state index in [9.17, 15) is 9.59 Å². The number of hydrogen-bond acceptors (Lipinski definition) is 3. The number of rotatable bonds is 5. The third-order valence-electron chi connectivity index (χ3n) is 3.20. The first kappa shape index (κ1) is 16.0. The maximum atomic E-state index is 12.4. The number of hydrogen-bond donors (Lipinski definition) is 3. The van der Waals surface area contributed by atoms with Crippen molar-refractivity contribution < 1.29 is 9.59 Å². The van der Waals surface area contributed by atoms with Crippen molar-refractivity contribution in [3.05, 3.63) is 52.2 Å². The third-order valence-corrected chi connectivity index (χ3v) is 4.15. The van der Waals surface area contributed by atoms with Crippen molar-refractivity contribution in [2.24, 2.45) is 11.7 Å². The molecule has 22 heavy (non-hydrogen) atoms. The zero-order chi connectivity index (χ0) is 16.1. The molecular formula is C16H19N3O2S. The summed E-state index contributed by atoms with van der Waals surface area (Å²) in [6.45, 7) is 4.13. The second-order valence-electron chi connectivity index (χ2n) is 5.28. The van der Waals surface area contributed by atoms with E-state index in [2.05, 4.69) is 24.5 Å². The van der Waals surface area contributed by atoms with Gasteiger partial charge >= 0.3 is 6.03 Å². The average molecular weight is 317 g/mol. The molecule has 1 aromatic carbocycles. The summed E-state index contributed by atoms with van der Waals surface area (Å²) in [5, 5.41) is 7.50. The van der Waals surface area contributed by atoms with Gasteiger partial charge in [0.05, 0.1) is 6.04 Å². The molecule has 6 heteroatoms. The maximum absolute atomic E-state index is 12.4. The summed E-state index contributed by atoms with van der Waals surface area (Å²) in [6, 6.07) is 9.98. The van der Waals surface area contributed by atoms with Gasteiger partial charge in [-0.05, 0) is 35.6 Å². The minimum Gasteiger partial charge on any atom is -0.351 e. The third kappa shape index (κ3) is 4.08. The van der Waals surface area contributed by atoms with E-state index in [1.165, 1.54) is 0 Å². The van der Waals surface area contributed by atoms with Crippen LogP contribution in [0.4, 0.5) is 10.5 Å². The molecule has 0 bridgehead atoms. The Balaban J connectivity index is 2.15. The summed E-state index contributed by atoms with van der Waals surface area (Å²) in [5.41, 5.74) is 6.06. The van der Waals surface area contributed by atoms with E-state index in [-0.39, 0.29) is 17.9 Å². The molecule has 0 aliphatic rings. The number of anilines is 1. The van der Waals surface area contributed by atoms with Gasteiger partial charge in [-0.2, -0.15) is 0 Å². The molecule has 116 valence electrons. The Labute approximate surface area is 133 Å². The molecule has 1 heterocycles. The molecule has 0 saturated carbocycles. The van der Waals surface area contributed by atoms with Crippen LogP contribution in [0.5, 0.6) is 0 Å². The first-order chi connectivity index (χ1) is 10.5. The van der Waals surface area contributed by atoms with E-state index in [1.807, 2.05) is 17.5 Å². The van der Waals surface area contributed by atoms with Crippen molar-refractivity contribution in [1.82, 2.24) is 5.32 Å². The fraction of sp³-hybridized carbons (Fsp3) is 0.250. The fourth-order valence-electron chi connectivity index (χ4n) is 2.14. The second-order valence-corrected chi connectivity index (χ2v) is 6.26. The normalized spacial score (nSPS) is 12.0. The summed E-state index contributed by atoms with van der Waals surface area (Å²) >= 11 is 1.62. The van der Waals surface area contributed by atoms with Crippen molar-refractivity contribution in [3.63, 3.8) is 0 Å². The van der Waals surface area contributed by atoms with Crippen LogP contribution < -0.4 is 16.4 Å². The van der Waals surface area contributed by atoms with E-state index >= 15 is 0 Å². The number of carbonyl (C=O) groups excluding carboxylic acids is 2. The smallest absolute Gasteiger partial charge is 0.316 e. The van der Waals surface area contributed by atoms with E-state index in [1.54, 1.807) is 35.6 Å².